The summed E-state index contributed by atoms with van der Waals surface area (Å²) in [6, 6.07) is 13.3. The van der Waals surface area contributed by atoms with Crippen molar-refractivity contribution in [2.75, 3.05) is 0 Å². The van der Waals surface area contributed by atoms with E-state index in [2.05, 4.69) is 10.0 Å². The lowest BCUT2D eigenvalue weighted by atomic mass is 10.0. The monoisotopic (exact) mass is 240 g/mol. The Morgan fingerprint density at radius 3 is 2.50 bits per heavy atom. The number of azide groups is 1. The van der Waals surface area contributed by atoms with Gasteiger partial charge in [0.15, 0.2) is 0 Å². The van der Waals surface area contributed by atoms with E-state index in [0.29, 0.717) is 0 Å². The lowest BCUT2D eigenvalue weighted by Crippen LogP contribution is -2.12. The van der Waals surface area contributed by atoms with Gasteiger partial charge in [-0.3, -0.25) is 4.79 Å². The number of hydrogen-bond acceptors (Lipinski definition) is 1. The number of benzene rings is 1. The number of aromatic nitrogens is 1. The van der Waals surface area contributed by atoms with E-state index in [4.69, 9.17) is 5.53 Å². The third-order valence-corrected chi connectivity index (χ3v) is 2.70. The molecule has 0 N–H and O–H groups in total. The molecule has 2 rings (SSSR count). The first kappa shape index (κ1) is 12.0. The molecular formula is C13H12N4O. The first-order valence-corrected chi connectivity index (χ1v) is 5.56. The van der Waals surface area contributed by atoms with Crippen LogP contribution in [0.1, 0.15) is 18.0 Å². The molecule has 0 saturated carbocycles. The summed E-state index contributed by atoms with van der Waals surface area (Å²) in [5, 5.41) is 3.13. The van der Waals surface area contributed by atoms with Crippen LogP contribution in [0.2, 0.25) is 0 Å². The molecule has 0 radical (unpaired) electrons. The van der Waals surface area contributed by atoms with Crippen LogP contribution in [0.3, 0.4) is 0 Å². The summed E-state index contributed by atoms with van der Waals surface area (Å²) < 4.78 is 1.93. The van der Waals surface area contributed by atoms with E-state index in [1.54, 1.807) is 0 Å². The largest absolute Gasteiger partial charge is 0.346 e. The first-order valence-electron chi connectivity index (χ1n) is 5.56. The van der Waals surface area contributed by atoms with Gasteiger partial charge in [0.25, 0.3) is 0 Å². The van der Waals surface area contributed by atoms with Gasteiger partial charge >= 0.3 is 0 Å². The van der Waals surface area contributed by atoms with E-state index in [-0.39, 0.29) is 12.5 Å². The summed E-state index contributed by atoms with van der Waals surface area (Å²) in [7, 11) is 0. The van der Waals surface area contributed by atoms with Crippen molar-refractivity contribution in [2.24, 2.45) is 5.11 Å². The van der Waals surface area contributed by atoms with Crippen LogP contribution in [0, 0.1) is 0 Å². The van der Waals surface area contributed by atoms with Gasteiger partial charge in [-0.1, -0.05) is 30.3 Å². The van der Waals surface area contributed by atoms with Gasteiger partial charge in [0, 0.05) is 23.7 Å². The Hall–Kier alpha value is -2.52. The predicted molar refractivity (Wildman–Crippen MR) is 67.8 cm³/mol. The van der Waals surface area contributed by atoms with Crippen LogP contribution < -0.4 is 0 Å². The summed E-state index contributed by atoms with van der Waals surface area (Å²) in [5.74, 6) is -0.458. The molecule has 18 heavy (non-hydrogen) atoms. The second-order valence-corrected chi connectivity index (χ2v) is 3.84. The molecule has 5 heteroatoms. The van der Waals surface area contributed by atoms with Crippen LogP contribution >= 0.6 is 0 Å². The van der Waals surface area contributed by atoms with Crippen molar-refractivity contribution < 1.29 is 4.79 Å². The quantitative estimate of drug-likeness (QED) is 0.459. The van der Waals surface area contributed by atoms with Gasteiger partial charge in [0.2, 0.25) is 5.91 Å². The van der Waals surface area contributed by atoms with Gasteiger partial charge in [-0.15, -0.1) is 0 Å². The van der Waals surface area contributed by atoms with Crippen molar-refractivity contribution >= 4 is 5.91 Å². The lowest BCUT2D eigenvalue weighted by Gasteiger charge is -2.17. The second-order valence-electron chi connectivity index (χ2n) is 3.84. The highest BCUT2D eigenvalue weighted by atomic mass is 16.1. The van der Waals surface area contributed by atoms with E-state index in [1.165, 1.54) is 0 Å². The molecule has 0 aliphatic heterocycles. The van der Waals surface area contributed by atoms with Crippen LogP contribution in [0.15, 0.2) is 60.0 Å². The summed E-state index contributed by atoms with van der Waals surface area (Å²) in [6.45, 7) is 0. The minimum Gasteiger partial charge on any atom is -0.346 e. The molecule has 5 nitrogen and oxygen atoms in total. The number of rotatable bonds is 4. The predicted octanol–water partition coefficient (Wildman–Crippen LogP) is 3.30. The standard InChI is InChI=1S/C13H12N4O/c14-16-15-13(18)10-12(17-8-4-5-9-17)11-6-2-1-3-7-11/h1-9,12H,10H2. The SMILES string of the molecule is [N-]=[N+]=NC(=O)CC(c1ccccc1)n1cccc1. The minimum absolute atomic E-state index is 0.140. The van der Waals surface area contributed by atoms with Crippen molar-refractivity contribution in [3.63, 3.8) is 0 Å². The average Bonchev–Trinajstić information content (AvgIpc) is 2.91. The maximum Gasteiger partial charge on any atom is 0.221 e. The molecule has 0 spiro atoms. The number of carbonyl (C=O) groups is 1. The molecule has 0 aliphatic rings. The minimum atomic E-state index is -0.458. The zero-order valence-corrected chi connectivity index (χ0v) is 9.68. The lowest BCUT2D eigenvalue weighted by molar-refractivity contribution is -0.118. The van der Waals surface area contributed by atoms with Crippen molar-refractivity contribution in [1.29, 1.82) is 0 Å². The fourth-order valence-corrected chi connectivity index (χ4v) is 1.88. The molecule has 0 saturated heterocycles. The van der Waals surface area contributed by atoms with E-state index < -0.39 is 5.91 Å². The normalized spacial score (nSPS) is 11.6. The van der Waals surface area contributed by atoms with E-state index >= 15 is 0 Å². The van der Waals surface area contributed by atoms with Crippen LogP contribution in [-0.2, 0) is 4.79 Å². The van der Waals surface area contributed by atoms with E-state index in [9.17, 15) is 4.79 Å². The van der Waals surface area contributed by atoms with Crippen molar-refractivity contribution in [3.05, 3.63) is 70.9 Å². The molecule has 1 aromatic heterocycles. The number of carbonyl (C=O) groups excluding carboxylic acids is 1. The van der Waals surface area contributed by atoms with Crippen LogP contribution in [0.5, 0.6) is 0 Å². The van der Waals surface area contributed by atoms with Gasteiger partial charge in [-0.25, -0.2) is 0 Å². The fourth-order valence-electron chi connectivity index (χ4n) is 1.88. The van der Waals surface area contributed by atoms with Crippen LogP contribution in [0.25, 0.3) is 10.4 Å². The molecule has 0 fully saturated rings. The van der Waals surface area contributed by atoms with Crippen molar-refractivity contribution in [1.82, 2.24) is 4.57 Å². The maximum atomic E-state index is 11.5. The fraction of sp³-hybridized carbons (Fsp3) is 0.154. The van der Waals surface area contributed by atoms with E-state index in [0.717, 1.165) is 5.56 Å². The Morgan fingerprint density at radius 1 is 1.22 bits per heavy atom. The molecule has 1 amide bonds. The van der Waals surface area contributed by atoms with Crippen LogP contribution in [-0.4, -0.2) is 10.5 Å². The highest BCUT2D eigenvalue weighted by Gasteiger charge is 2.15. The first-order chi connectivity index (χ1) is 8.81. The van der Waals surface area contributed by atoms with Gasteiger partial charge in [-0.2, -0.15) is 0 Å². The molecule has 1 atom stereocenters. The highest BCUT2D eigenvalue weighted by molar-refractivity contribution is 5.77. The number of amides is 1. The van der Waals surface area contributed by atoms with E-state index in [1.807, 2.05) is 59.4 Å². The van der Waals surface area contributed by atoms with Crippen molar-refractivity contribution in [3.8, 4) is 0 Å². The zero-order valence-electron chi connectivity index (χ0n) is 9.68. The Balaban J connectivity index is 2.30. The third-order valence-electron chi connectivity index (χ3n) is 2.70. The van der Waals surface area contributed by atoms with Gasteiger partial charge in [0.05, 0.1) is 6.04 Å². The molecule has 1 unspecified atom stereocenters. The highest BCUT2D eigenvalue weighted by Crippen LogP contribution is 2.22. The summed E-state index contributed by atoms with van der Waals surface area (Å²) >= 11 is 0. The summed E-state index contributed by atoms with van der Waals surface area (Å²) in [5.41, 5.74) is 9.29. The molecule has 90 valence electrons. The molecular weight excluding hydrogens is 228 g/mol. The van der Waals surface area contributed by atoms with Gasteiger partial charge in [0.1, 0.15) is 0 Å². The summed E-state index contributed by atoms with van der Waals surface area (Å²) in [4.78, 5) is 14.0. The second kappa shape index (κ2) is 5.70. The third kappa shape index (κ3) is 2.78. The Bertz CT molecular complexity index is 556. The smallest absolute Gasteiger partial charge is 0.221 e. The average molecular weight is 240 g/mol. The Morgan fingerprint density at radius 2 is 1.89 bits per heavy atom. The number of nitrogens with zero attached hydrogens (tertiary/aromatic N) is 4. The Kier molecular flexibility index (Phi) is 3.79. The van der Waals surface area contributed by atoms with Gasteiger partial charge < -0.3 is 4.57 Å². The summed E-state index contributed by atoms with van der Waals surface area (Å²) in [6.07, 6.45) is 3.94. The molecule has 0 aliphatic carbocycles. The molecule has 1 heterocycles. The molecule has 2 aromatic rings. The topological polar surface area (TPSA) is 70.8 Å². The van der Waals surface area contributed by atoms with Crippen LogP contribution in [0.4, 0.5) is 0 Å². The van der Waals surface area contributed by atoms with Gasteiger partial charge in [-0.05, 0) is 28.3 Å². The zero-order chi connectivity index (χ0) is 12.8. The molecule has 1 aromatic carbocycles. The number of hydrogen-bond donors (Lipinski definition) is 0. The molecule has 0 bridgehead atoms. The maximum absolute atomic E-state index is 11.5. The van der Waals surface area contributed by atoms with Crippen molar-refractivity contribution in [2.45, 2.75) is 12.5 Å². The Labute approximate surface area is 104 Å².